The average molecular weight is 665 g/mol. The van der Waals surface area contributed by atoms with Gasteiger partial charge in [-0.2, -0.15) is 0 Å². The van der Waals surface area contributed by atoms with Crippen LogP contribution in [0.1, 0.15) is 77.3 Å². The van der Waals surface area contributed by atoms with E-state index in [9.17, 15) is 5.11 Å². The molecule has 0 saturated carbocycles. The van der Waals surface area contributed by atoms with Crippen LogP contribution in [0.5, 0.6) is 0 Å². The summed E-state index contributed by atoms with van der Waals surface area (Å²) in [6.07, 6.45) is 8.72. The molecule has 7 rings (SSSR count). The van der Waals surface area contributed by atoms with Gasteiger partial charge in [0.25, 0.3) is 0 Å². The summed E-state index contributed by atoms with van der Waals surface area (Å²) in [7, 11) is 0. The lowest BCUT2D eigenvalue weighted by molar-refractivity contribution is 0.0619. The summed E-state index contributed by atoms with van der Waals surface area (Å²) >= 11 is 0. The van der Waals surface area contributed by atoms with E-state index in [1.165, 1.54) is 18.4 Å². The predicted molar refractivity (Wildman–Crippen MR) is 197 cm³/mol. The van der Waals surface area contributed by atoms with Crippen LogP contribution in [0, 0.1) is 0 Å². The number of aliphatic hydroxyl groups is 1. The fourth-order valence-electron chi connectivity index (χ4n) is 6.59. The summed E-state index contributed by atoms with van der Waals surface area (Å²) in [6.45, 7) is 13.4. The summed E-state index contributed by atoms with van der Waals surface area (Å²) < 4.78 is 9.71. The highest BCUT2D eigenvalue weighted by molar-refractivity contribution is 6.07. The van der Waals surface area contributed by atoms with E-state index in [2.05, 4.69) is 62.5 Å². The van der Waals surface area contributed by atoms with Gasteiger partial charge in [-0.3, -0.25) is 4.98 Å². The van der Waals surface area contributed by atoms with Gasteiger partial charge in [0.2, 0.25) is 0 Å². The van der Waals surface area contributed by atoms with Gasteiger partial charge >= 0.3 is 0 Å². The molecule has 1 aliphatic rings. The molecule has 5 heterocycles. The van der Waals surface area contributed by atoms with Gasteiger partial charge in [-0.05, 0) is 89.6 Å². The molecular weight excluding hydrogens is 616 g/mol. The van der Waals surface area contributed by atoms with Crippen molar-refractivity contribution in [3.8, 4) is 11.1 Å². The summed E-state index contributed by atoms with van der Waals surface area (Å²) in [4.78, 5) is 22.7. The molecule has 0 radical (unpaired) electrons. The monoisotopic (exact) mass is 664 g/mol. The van der Waals surface area contributed by atoms with Crippen molar-refractivity contribution >= 4 is 44.6 Å². The minimum atomic E-state index is -0.862. The Morgan fingerprint density at radius 3 is 2.29 bits per heavy atom. The maximum Gasteiger partial charge on any atom is 0.154 e. The third-order valence-electron chi connectivity index (χ3n) is 8.65. The molecule has 12 nitrogen and oxygen atoms in total. The van der Waals surface area contributed by atoms with E-state index in [0.29, 0.717) is 43.0 Å². The Bertz CT molecular complexity index is 2090. The summed E-state index contributed by atoms with van der Waals surface area (Å²) in [5.74, 6) is 2.69. The van der Waals surface area contributed by atoms with Crippen LogP contribution in [0.15, 0.2) is 42.7 Å². The Morgan fingerprint density at radius 1 is 0.898 bits per heavy atom. The van der Waals surface area contributed by atoms with E-state index in [4.69, 9.17) is 26.2 Å². The number of pyridine rings is 3. The number of anilines is 2. The zero-order valence-corrected chi connectivity index (χ0v) is 29.4. The number of aryl methyl sites for hydroxylation is 3. The largest absolute Gasteiger partial charge is 0.389 e. The van der Waals surface area contributed by atoms with Crippen molar-refractivity contribution in [2.24, 2.45) is 0 Å². The number of hydrogen-bond donors (Lipinski definition) is 4. The number of nitrogens with zero attached hydrogens (tertiary/aromatic N) is 7. The van der Waals surface area contributed by atoms with E-state index in [1.807, 2.05) is 25.1 Å². The molecule has 258 valence electrons. The van der Waals surface area contributed by atoms with Gasteiger partial charge in [0, 0.05) is 48.1 Å². The molecule has 1 aliphatic carbocycles. The number of nitrogens with two attached hydrogens (primary N) is 2. The Morgan fingerprint density at radius 2 is 1.59 bits per heavy atom. The number of nitrogen functional groups attached to an aromatic ring is 2. The van der Waals surface area contributed by atoms with Gasteiger partial charge in [0.05, 0.1) is 28.7 Å². The number of nitrogens with one attached hydrogen (secondary N) is 1. The van der Waals surface area contributed by atoms with Crippen LogP contribution in [0.3, 0.4) is 0 Å². The second-order valence-electron chi connectivity index (χ2n) is 13.6. The normalized spacial score (nSPS) is 13.2. The van der Waals surface area contributed by atoms with E-state index in [0.717, 1.165) is 75.2 Å². The highest BCUT2D eigenvalue weighted by Crippen LogP contribution is 2.33. The molecule has 0 saturated heterocycles. The molecular formula is C37H48N10O2. The van der Waals surface area contributed by atoms with Crippen LogP contribution in [-0.4, -0.2) is 57.5 Å². The molecule has 0 unspecified atom stereocenters. The SMILES string of the molecule is CCOCc1nc2c(N)nc3c(c2n1NC(C)C)CCCC3.CCc1nc2c(N)nc3cc(-c4ccncc4)ccc3c2n1CC(C)(C)O. The fourth-order valence-corrected chi connectivity index (χ4v) is 6.59. The lowest BCUT2D eigenvalue weighted by atomic mass is 9.95. The first-order valence-corrected chi connectivity index (χ1v) is 17.2. The number of aromatic nitrogens is 7. The third-order valence-corrected chi connectivity index (χ3v) is 8.65. The Balaban J connectivity index is 0.000000174. The molecule has 0 atom stereocenters. The maximum atomic E-state index is 10.4. The first-order chi connectivity index (χ1) is 23.5. The minimum absolute atomic E-state index is 0.298. The van der Waals surface area contributed by atoms with Crippen molar-refractivity contribution in [2.75, 3.05) is 23.5 Å². The second kappa shape index (κ2) is 14.0. The molecule has 49 heavy (non-hydrogen) atoms. The Hall–Kier alpha value is -4.81. The van der Waals surface area contributed by atoms with E-state index < -0.39 is 5.60 Å². The van der Waals surface area contributed by atoms with E-state index in [1.54, 1.807) is 26.2 Å². The molecule has 0 bridgehead atoms. The van der Waals surface area contributed by atoms with Crippen LogP contribution in [0.2, 0.25) is 0 Å². The summed E-state index contributed by atoms with van der Waals surface area (Å²) in [5.41, 5.74) is 23.9. The van der Waals surface area contributed by atoms with E-state index >= 15 is 0 Å². The van der Waals surface area contributed by atoms with Crippen molar-refractivity contribution in [1.82, 2.24) is 34.2 Å². The first-order valence-electron chi connectivity index (χ1n) is 17.2. The first kappa shape index (κ1) is 34.1. The van der Waals surface area contributed by atoms with Crippen LogP contribution in [-0.2, 0) is 37.2 Å². The number of benzene rings is 1. The zero-order valence-electron chi connectivity index (χ0n) is 29.4. The van der Waals surface area contributed by atoms with Gasteiger partial charge in [-0.15, -0.1) is 0 Å². The van der Waals surface area contributed by atoms with E-state index in [-0.39, 0.29) is 0 Å². The van der Waals surface area contributed by atoms with Crippen LogP contribution < -0.4 is 16.9 Å². The van der Waals surface area contributed by atoms with Crippen LogP contribution >= 0.6 is 0 Å². The lowest BCUT2D eigenvalue weighted by Crippen LogP contribution is -2.27. The van der Waals surface area contributed by atoms with Crippen molar-refractivity contribution in [3.05, 3.63) is 65.6 Å². The Labute approximate surface area is 286 Å². The molecule has 0 aliphatic heterocycles. The third kappa shape index (κ3) is 7.02. The van der Waals surface area contributed by atoms with Gasteiger partial charge in [-0.1, -0.05) is 19.1 Å². The molecule has 0 spiro atoms. The minimum Gasteiger partial charge on any atom is -0.389 e. The van der Waals surface area contributed by atoms with Gasteiger partial charge in [0.1, 0.15) is 23.5 Å². The van der Waals surface area contributed by atoms with Crippen LogP contribution in [0.4, 0.5) is 11.6 Å². The Kier molecular flexibility index (Phi) is 9.71. The molecule has 0 fully saturated rings. The standard InChI is InChI=1S/C21H23N5O.C16H25N5O/c1-4-17-25-18-19(26(17)12-21(2,3)27)15-6-5-14(11-16(15)24-20(18)22)13-7-9-23-10-8-13;1-4-22-9-13-19-14-15(21(13)20-10(2)3)11-7-5-6-8-12(11)18-16(14)17/h5-11,27H,4,12H2,1-3H3,(H2,22,24);10,20H,4-9H2,1-3H3,(H2,17,18). The maximum absolute atomic E-state index is 10.4. The lowest BCUT2D eigenvalue weighted by Gasteiger charge is -2.20. The molecule has 5 aromatic heterocycles. The number of hydrogen-bond acceptors (Lipinski definition) is 10. The highest BCUT2D eigenvalue weighted by Gasteiger charge is 2.24. The topological polar surface area (TPSA) is 168 Å². The zero-order chi connectivity index (χ0) is 34.9. The second-order valence-corrected chi connectivity index (χ2v) is 13.6. The van der Waals surface area contributed by atoms with Gasteiger partial charge in [0.15, 0.2) is 17.5 Å². The number of fused-ring (bicyclic) bond motifs is 6. The molecule has 6 aromatic rings. The van der Waals surface area contributed by atoms with Crippen LogP contribution in [0.25, 0.3) is 44.1 Å². The smallest absolute Gasteiger partial charge is 0.154 e. The van der Waals surface area contributed by atoms with Crippen molar-refractivity contribution < 1.29 is 9.84 Å². The molecule has 12 heteroatoms. The molecule has 1 aromatic carbocycles. The quantitative estimate of drug-likeness (QED) is 0.145. The number of rotatable bonds is 9. The fraction of sp³-hybridized carbons (Fsp3) is 0.432. The highest BCUT2D eigenvalue weighted by atomic mass is 16.5. The van der Waals surface area contributed by atoms with Crippen molar-refractivity contribution in [1.29, 1.82) is 0 Å². The van der Waals surface area contributed by atoms with Gasteiger partial charge < -0.3 is 31.3 Å². The van der Waals surface area contributed by atoms with Crippen molar-refractivity contribution in [2.45, 2.75) is 98.4 Å². The number of imidazole rings is 2. The predicted octanol–water partition coefficient (Wildman–Crippen LogP) is 5.94. The van der Waals surface area contributed by atoms with Crippen molar-refractivity contribution in [3.63, 3.8) is 0 Å². The average Bonchev–Trinajstić information content (AvgIpc) is 3.62. The number of ether oxygens (including phenoxy) is 1. The summed E-state index contributed by atoms with van der Waals surface area (Å²) in [5, 5.41) is 11.4. The molecule has 6 N–H and O–H groups in total. The van der Waals surface area contributed by atoms with Gasteiger partial charge in [-0.25, -0.2) is 24.6 Å². The summed E-state index contributed by atoms with van der Waals surface area (Å²) in [6, 6.07) is 10.4. The molecule has 0 amide bonds.